The minimum atomic E-state index is -4.72. The second-order valence-corrected chi connectivity index (χ2v) is 7.61. The van der Waals surface area contributed by atoms with E-state index in [4.69, 9.17) is 5.73 Å². The van der Waals surface area contributed by atoms with Gasteiger partial charge in [0.05, 0.1) is 5.56 Å². The van der Waals surface area contributed by atoms with Crippen LogP contribution >= 0.6 is 0 Å². The topological polar surface area (TPSA) is 80.9 Å². The lowest BCUT2D eigenvalue weighted by atomic mass is 9.78. The average Bonchev–Trinajstić information content (AvgIpc) is 2.80. The largest absolute Gasteiger partial charge is 0.418 e. The fraction of sp³-hybridized carbons (Fsp3) is 0.292. The summed E-state index contributed by atoms with van der Waals surface area (Å²) in [6, 6.07) is 14.7. The van der Waals surface area contributed by atoms with Crippen LogP contribution in [0, 0.1) is 6.92 Å². The van der Waals surface area contributed by atoms with E-state index in [1.54, 1.807) is 6.92 Å². The molecule has 0 amide bonds. The summed E-state index contributed by atoms with van der Waals surface area (Å²) < 4.78 is 40.9. The molecule has 3 N–H and O–H groups in total. The third-order valence-corrected chi connectivity index (χ3v) is 5.73. The number of pyridine rings is 2. The molecule has 0 aliphatic heterocycles. The molecule has 3 aromatic rings. The molecule has 176 valence electrons. The molecule has 0 aliphatic carbocycles. The highest BCUT2D eigenvalue weighted by atomic mass is 19.4. The summed E-state index contributed by atoms with van der Waals surface area (Å²) in [4.78, 5) is 21.0. The Kier molecular flexibility index (Phi) is 6.93. The zero-order valence-electron chi connectivity index (χ0n) is 17.9. The molecular weight excluding hydrogens is 417 g/mol. The number of carbonyl (C=O) groups is 1. The van der Waals surface area contributed by atoms with Crippen LogP contribution in [0.15, 0.2) is 60.8 Å². The number of anilines is 1. The van der Waals surface area contributed by atoms with Crippen molar-refractivity contribution in [3.05, 3.63) is 88.9 Å². The summed E-state index contributed by atoms with van der Waals surface area (Å²) in [5, 5.41) is 3.10. The van der Waals surface area contributed by atoms with E-state index in [1.165, 1.54) is 24.4 Å². The van der Waals surface area contributed by atoms with E-state index in [0.717, 1.165) is 11.6 Å². The zero-order chi connectivity index (χ0) is 23.4. The molecule has 0 unspecified atom stereocenters. The Bertz CT molecular complexity index is 1100. The number of hydrogen-bond acceptors (Lipinski definition) is 5. The van der Waals surface area contributed by atoms with E-state index in [-0.39, 0.29) is 17.1 Å². The number of benzene rings is 1. The van der Waals surface area contributed by atoms with Crippen molar-refractivity contribution in [2.75, 3.05) is 18.4 Å². The third-order valence-electron chi connectivity index (χ3n) is 5.73. The highest BCUT2D eigenvalue weighted by molar-refractivity contribution is 6.09. The van der Waals surface area contributed by atoms with Gasteiger partial charge >= 0.3 is 6.18 Å². The first-order chi connectivity index (χ1) is 15.2. The second-order valence-electron chi connectivity index (χ2n) is 7.61. The molecule has 0 radical (unpaired) electrons. The van der Waals surface area contributed by atoms with Gasteiger partial charge in [-0.1, -0.05) is 37.3 Å². The molecule has 32 heavy (non-hydrogen) atoms. The lowest BCUT2D eigenvalue weighted by Gasteiger charge is -2.32. The maximum atomic E-state index is 13.6. The number of nitrogens with zero attached hydrogens (tertiary/aromatic N) is 2. The van der Waals surface area contributed by atoms with Gasteiger partial charge in [-0.2, -0.15) is 13.2 Å². The number of halogens is 3. The van der Waals surface area contributed by atoms with Crippen molar-refractivity contribution >= 4 is 11.6 Å². The van der Waals surface area contributed by atoms with Gasteiger partial charge in [0.2, 0.25) is 5.78 Å². The summed E-state index contributed by atoms with van der Waals surface area (Å²) in [6.45, 7) is 4.25. The van der Waals surface area contributed by atoms with Crippen molar-refractivity contribution in [2.24, 2.45) is 5.73 Å². The Morgan fingerprint density at radius 1 is 1.09 bits per heavy atom. The molecule has 3 rings (SSSR count). The van der Waals surface area contributed by atoms with Crippen LogP contribution in [0.2, 0.25) is 0 Å². The SMILES string of the molecule is CC[C@](CN)(CNc1ccc(C(F)(F)F)c(C(=O)c2cccnc2C)n1)c1ccccc1.[HH].[HH].[HH].[HH]. The van der Waals surface area contributed by atoms with Crippen molar-refractivity contribution in [1.82, 2.24) is 9.97 Å². The molecule has 2 heterocycles. The van der Waals surface area contributed by atoms with Gasteiger partial charge in [-0.25, -0.2) is 4.98 Å². The minimum Gasteiger partial charge on any atom is -0.369 e. The Hall–Kier alpha value is -3.26. The van der Waals surface area contributed by atoms with Gasteiger partial charge in [-0.05, 0) is 43.2 Å². The van der Waals surface area contributed by atoms with Crippen LogP contribution in [-0.2, 0) is 11.6 Å². The number of nitrogens with two attached hydrogens (primary N) is 1. The zero-order valence-corrected chi connectivity index (χ0v) is 17.9. The first-order valence-electron chi connectivity index (χ1n) is 10.3. The second kappa shape index (κ2) is 9.48. The molecule has 0 bridgehead atoms. The average molecular weight is 451 g/mol. The molecule has 1 aromatic carbocycles. The van der Waals surface area contributed by atoms with Crippen molar-refractivity contribution in [1.29, 1.82) is 0 Å². The number of ketones is 1. The summed E-state index contributed by atoms with van der Waals surface area (Å²) in [5.74, 6) is -0.652. The maximum absolute atomic E-state index is 13.6. The van der Waals surface area contributed by atoms with Gasteiger partial charge in [0.1, 0.15) is 11.5 Å². The van der Waals surface area contributed by atoms with Crippen molar-refractivity contribution in [3.63, 3.8) is 0 Å². The molecule has 5 nitrogen and oxygen atoms in total. The van der Waals surface area contributed by atoms with Gasteiger partial charge in [-0.15, -0.1) is 0 Å². The summed E-state index contributed by atoms with van der Waals surface area (Å²) in [5.41, 5.74) is 5.36. The van der Waals surface area contributed by atoms with Crippen LogP contribution in [0.5, 0.6) is 0 Å². The lowest BCUT2D eigenvalue weighted by molar-refractivity contribution is -0.138. The maximum Gasteiger partial charge on any atom is 0.418 e. The highest BCUT2D eigenvalue weighted by Gasteiger charge is 2.37. The Morgan fingerprint density at radius 2 is 1.81 bits per heavy atom. The molecule has 0 saturated carbocycles. The van der Waals surface area contributed by atoms with Crippen LogP contribution < -0.4 is 11.1 Å². The van der Waals surface area contributed by atoms with E-state index in [1.807, 2.05) is 37.3 Å². The molecule has 0 fully saturated rings. The lowest BCUT2D eigenvalue weighted by Crippen LogP contribution is -2.41. The number of aryl methyl sites for hydroxylation is 1. The van der Waals surface area contributed by atoms with Gasteiger partial charge in [-0.3, -0.25) is 9.78 Å². The first-order valence-corrected chi connectivity index (χ1v) is 10.3. The number of carbonyl (C=O) groups excluding carboxylic acids is 1. The van der Waals surface area contributed by atoms with E-state index in [9.17, 15) is 18.0 Å². The number of rotatable bonds is 8. The molecule has 1 atom stereocenters. The van der Waals surface area contributed by atoms with Crippen molar-refractivity contribution in [2.45, 2.75) is 31.9 Å². The molecule has 0 spiro atoms. The van der Waals surface area contributed by atoms with Gasteiger partial charge in [0.25, 0.3) is 0 Å². The predicted molar refractivity (Wildman–Crippen MR) is 126 cm³/mol. The quantitative estimate of drug-likeness (QED) is 0.428. The van der Waals surface area contributed by atoms with Crippen LogP contribution in [-0.4, -0.2) is 28.8 Å². The monoisotopic (exact) mass is 450 g/mol. The molecule has 2 aromatic heterocycles. The highest BCUT2D eigenvalue weighted by Crippen LogP contribution is 2.34. The van der Waals surface area contributed by atoms with Crippen LogP contribution in [0.3, 0.4) is 0 Å². The van der Waals surface area contributed by atoms with Crippen LogP contribution in [0.1, 0.15) is 51.9 Å². The fourth-order valence-corrected chi connectivity index (χ4v) is 3.63. The number of nitrogens with one attached hydrogen (secondary N) is 1. The van der Waals surface area contributed by atoms with Gasteiger partial charge in [0, 0.05) is 41.7 Å². The van der Waals surface area contributed by atoms with Crippen LogP contribution in [0.4, 0.5) is 19.0 Å². The fourth-order valence-electron chi connectivity index (χ4n) is 3.63. The predicted octanol–water partition coefficient (Wildman–Crippen LogP) is 5.74. The van der Waals surface area contributed by atoms with Crippen LogP contribution in [0.25, 0.3) is 0 Å². The van der Waals surface area contributed by atoms with E-state index >= 15 is 0 Å². The number of alkyl halides is 3. The molecule has 8 heteroatoms. The summed E-state index contributed by atoms with van der Waals surface area (Å²) >= 11 is 0. The summed E-state index contributed by atoms with van der Waals surface area (Å²) in [6.07, 6.45) is -2.54. The Labute approximate surface area is 190 Å². The summed E-state index contributed by atoms with van der Waals surface area (Å²) in [7, 11) is 0. The molecular formula is C24H33F3N4O. The first kappa shape index (κ1) is 23.4. The van der Waals surface area contributed by atoms with Gasteiger partial charge < -0.3 is 11.1 Å². The standard InChI is InChI=1S/C24H25F3N4O.4H2/c1-3-23(14-28,17-8-5-4-6-9-17)15-30-20-12-11-19(24(25,26)27)21(31-20)22(32)18-10-7-13-29-16(18)2;;;;/h4-13H,3,14-15,28H2,1-2H3,(H,30,31);4*1H/t23-;;;;/m0..../s1. The Morgan fingerprint density at radius 3 is 2.41 bits per heavy atom. The number of aromatic nitrogens is 2. The van der Waals surface area contributed by atoms with Crippen molar-refractivity contribution in [3.8, 4) is 0 Å². The van der Waals surface area contributed by atoms with E-state index in [2.05, 4.69) is 15.3 Å². The molecule has 0 aliphatic rings. The minimum absolute atomic E-state index is 0. The smallest absolute Gasteiger partial charge is 0.369 e. The Balaban J connectivity index is 0. The molecule has 0 saturated heterocycles. The number of hydrogen-bond donors (Lipinski definition) is 2. The van der Waals surface area contributed by atoms with E-state index < -0.39 is 28.6 Å². The normalized spacial score (nSPS) is 13.4. The van der Waals surface area contributed by atoms with Crippen molar-refractivity contribution < 1.29 is 23.7 Å². The third kappa shape index (κ3) is 4.80. The van der Waals surface area contributed by atoms with E-state index in [0.29, 0.717) is 25.2 Å². The van der Waals surface area contributed by atoms with Gasteiger partial charge in [0.15, 0.2) is 0 Å².